The van der Waals surface area contributed by atoms with E-state index in [-0.39, 0.29) is 24.7 Å². The minimum absolute atomic E-state index is 0.185. The standard InChI is InChI=1S/C21H21N3O5S/c25-21(19-8-4-5-9-20(19)29-18-6-2-1-3-7-18)23-11-13-24(14-12-23)30(26,27)16-17-10-15-28-22-17/h1-10,15H,11-14,16H2. The first-order chi connectivity index (χ1) is 14.5. The van der Waals surface area contributed by atoms with Gasteiger partial charge < -0.3 is 14.2 Å². The molecule has 0 radical (unpaired) electrons. The second kappa shape index (κ2) is 8.68. The minimum atomic E-state index is -3.52. The van der Waals surface area contributed by atoms with Crippen molar-refractivity contribution < 1.29 is 22.5 Å². The summed E-state index contributed by atoms with van der Waals surface area (Å²) >= 11 is 0. The number of piperazine rings is 1. The molecular formula is C21H21N3O5S. The molecule has 2 aromatic carbocycles. The average Bonchev–Trinajstić information content (AvgIpc) is 3.27. The molecule has 0 atom stereocenters. The predicted octanol–water partition coefficient (Wildman–Crippen LogP) is 2.75. The Kier molecular flexibility index (Phi) is 5.82. The fourth-order valence-corrected chi connectivity index (χ4v) is 4.70. The van der Waals surface area contributed by atoms with Gasteiger partial charge >= 0.3 is 0 Å². The Bertz CT molecular complexity index is 1090. The van der Waals surface area contributed by atoms with Crippen molar-refractivity contribution in [1.29, 1.82) is 0 Å². The summed E-state index contributed by atoms with van der Waals surface area (Å²) in [6.45, 7) is 1.06. The number of hydrogen-bond acceptors (Lipinski definition) is 6. The molecule has 8 nitrogen and oxygen atoms in total. The highest BCUT2D eigenvalue weighted by Crippen LogP contribution is 2.26. The summed E-state index contributed by atoms with van der Waals surface area (Å²) < 4.78 is 37.1. The number of amides is 1. The molecule has 156 valence electrons. The molecule has 0 unspecified atom stereocenters. The van der Waals surface area contributed by atoms with Gasteiger partial charge in [-0.05, 0) is 24.3 Å². The summed E-state index contributed by atoms with van der Waals surface area (Å²) in [6, 6.07) is 17.8. The second-order valence-corrected chi connectivity index (χ2v) is 8.82. The van der Waals surface area contributed by atoms with E-state index < -0.39 is 10.0 Å². The first-order valence-electron chi connectivity index (χ1n) is 9.51. The molecule has 3 aromatic rings. The van der Waals surface area contributed by atoms with E-state index in [1.807, 2.05) is 36.4 Å². The third-order valence-electron chi connectivity index (χ3n) is 4.83. The third kappa shape index (κ3) is 4.52. The lowest BCUT2D eigenvalue weighted by molar-refractivity contribution is 0.0695. The van der Waals surface area contributed by atoms with Crippen LogP contribution in [0.3, 0.4) is 0 Å². The van der Waals surface area contributed by atoms with Gasteiger partial charge in [-0.25, -0.2) is 8.42 Å². The van der Waals surface area contributed by atoms with Gasteiger partial charge in [-0.2, -0.15) is 4.31 Å². The number of rotatable bonds is 6. The molecule has 4 rings (SSSR count). The van der Waals surface area contributed by atoms with Gasteiger partial charge in [-0.3, -0.25) is 4.79 Å². The maximum Gasteiger partial charge on any atom is 0.257 e. The molecule has 0 N–H and O–H groups in total. The summed E-state index contributed by atoms with van der Waals surface area (Å²) in [6.07, 6.45) is 1.34. The van der Waals surface area contributed by atoms with Crippen molar-refractivity contribution in [2.45, 2.75) is 5.75 Å². The molecule has 1 amide bonds. The molecule has 1 aromatic heterocycles. The average molecular weight is 427 g/mol. The fourth-order valence-electron chi connectivity index (χ4n) is 3.28. The molecule has 1 fully saturated rings. The summed E-state index contributed by atoms with van der Waals surface area (Å²) in [5.41, 5.74) is 0.806. The molecule has 0 saturated carbocycles. The van der Waals surface area contributed by atoms with Crippen molar-refractivity contribution >= 4 is 15.9 Å². The molecule has 1 aliphatic rings. The van der Waals surface area contributed by atoms with Crippen LogP contribution in [0.2, 0.25) is 0 Å². The molecule has 9 heteroatoms. The van der Waals surface area contributed by atoms with E-state index in [9.17, 15) is 13.2 Å². The van der Waals surface area contributed by atoms with Crippen LogP contribution in [0.4, 0.5) is 0 Å². The van der Waals surface area contributed by atoms with Crippen molar-refractivity contribution in [2.24, 2.45) is 0 Å². The highest BCUT2D eigenvalue weighted by Gasteiger charge is 2.30. The van der Waals surface area contributed by atoms with Crippen molar-refractivity contribution in [3.8, 4) is 11.5 Å². The predicted molar refractivity (Wildman–Crippen MR) is 110 cm³/mol. The molecule has 0 spiro atoms. The Morgan fingerprint density at radius 1 is 0.967 bits per heavy atom. The van der Waals surface area contributed by atoms with Crippen LogP contribution in [0.5, 0.6) is 11.5 Å². The normalized spacial score (nSPS) is 15.1. The molecule has 30 heavy (non-hydrogen) atoms. The molecule has 0 aliphatic carbocycles. The number of carbonyl (C=O) groups excluding carboxylic acids is 1. The van der Waals surface area contributed by atoms with Crippen LogP contribution >= 0.6 is 0 Å². The van der Waals surface area contributed by atoms with Crippen LogP contribution in [0, 0.1) is 0 Å². The zero-order valence-corrected chi connectivity index (χ0v) is 17.0. The van der Waals surface area contributed by atoms with Crippen LogP contribution in [0.25, 0.3) is 0 Å². The number of nitrogens with zero attached hydrogens (tertiary/aromatic N) is 3. The van der Waals surface area contributed by atoms with Gasteiger partial charge in [-0.1, -0.05) is 35.5 Å². The van der Waals surface area contributed by atoms with Gasteiger partial charge in [-0.15, -0.1) is 0 Å². The number of sulfonamides is 1. The van der Waals surface area contributed by atoms with Crippen LogP contribution < -0.4 is 4.74 Å². The maximum atomic E-state index is 13.1. The summed E-state index contributed by atoms with van der Waals surface area (Å²) in [7, 11) is -3.52. The maximum absolute atomic E-state index is 13.1. The van der Waals surface area contributed by atoms with Crippen molar-refractivity contribution in [1.82, 2.24) is 14.4 Å². The van der Waals surface area contributed by atoms with Crippen molar-refractivity contribution in [3.05, 3.63) is 78.2 Å². The lowest BCUT2D eigenvalue weighted by Crippen LogP contribution is -2.50. The third-order valence-corrected chi connectivity index (χ3v) is 6.64. The number of aromatic nitrogens is 1. The first-order valence-corrected chi connectivity index (χ1v) is 11.1. The van der Waals surface area contributed by atoms with E-state index in [1.165, 1.54) is 16.6 Å². The van der Waals surface area contributed by atoms with E-state index in [1.54, 1.807) is 23.1 Å². The number of hydrogen-bond donors (Lipinski definition) is 0. The lowest BCUT2D eigenvalue weighted by atomic mass is 10.1. The van der Waals surface area contributed by atoms with E-state index in [4.69, 9.17) is 9.26 Å². The van der Waals surface area contributed by atoms with E-state index >= 15 is 0 Å². The van der Waals surface area contributed by atoms with Crippen LogP contribution in [0.15, 0.2) is 71.4 Å². The van der Waals surface area contributed by atoms with Crippen LogP contribution in [-0.2, 0) is 15.8 Å². The zero-order valence-electron chi connectivity index (χ0n) is 16.2. The largest absolute Gasteiger partial charge is 0.457 e. The monoisotopic (exact) mass is 427 g/mol. The summed E-state index contributed by atoms with van der Waals surface area (Å²) in [5.74, 6) is 0.706. The summed E-state index contributed by atoms with van der Waals surface area (Å²) in [4.78, 5) is 14.7. The quantitative estimate of drug-likeness (QED) is 0.601. The van der Waals surface area contributed by atoms with Gasteiger partial charge in [0.2, 0.25) is 10.0 Å². The van der Waals surface area contributed by atoms with Crippen molar-refractivity contribution in [3.63, 3.8) is 0 Å². The Hall–Kier alpha value is -3.17. The molecule has 0 bridgehead atoms. The molecular weight excluding hydrogens is 406 g/mol. The smallest absolute Gasteiger partial charge is 0.257 e. The van der Waals surface area contributed by atoms with E-state index in [0.717, 1.165) is 0 Å². The van der Waals surface area contributed by atoms with Crippen LogP contribution in [0.1, 0.15) is 16.1 Å². The van der Waals surface area contributed by atoms with E-state index in [2.05, 4.69) is 5.16 Å². The van der Waals surface area contributed by atoms with Gasteiger partial charge in [0.05, 0.1) is 11.3 Å². The highest BCUT2D eigenvalue weighted by molar-refractivity contribution is 7.88. The Labute approximate surface area is 174 Å². The Balaban J connectivity index is 1.42. The second-order valence-electron chi connectivity index (χ2n) is 6.85. The molecule has 1 saturated heterocycles. The van der Waals surface area contributed by atoms with Gasteiger partial charge in [0, 0.05) is 32.2 Å². The van der Waals surface area contributed by atoms with Gasteiger partial charge in [0.25, 0.3) is 5.91 Å². The van der Waals surface area contributed by atoms with Gasteiger partial charge in [0.1, 0.15) is 23.5 Å². The van der Waals surface area contributed by atoms with Crippen molar-refractivity contribution in [2.75, 3.05) is 26.2 Å². The Morgan fingerprint density at radius 2 is 1.67 bits per heavy atom. The number of ether oxygens (including phenoxy) is 1. The zero-order chi connectivity index (χ0) is 21.0. The Morgan fingerprint density at radius 3 is 2.37 bits per heavy atom. The summed E-state index contributed by atoms with van der Waals surface area (Å²) in [5, 5.41) is 3.66. The number of benzene rings is 2. The highest BCUT2D eigenvalue weighted by atomic mass is 32.2. The van der Waals surface area contributed by atoms with Gasteiger partial charge in [0.15, 0.2) is 0 Å². The van der Waals surface area contributed by atoms with E-state index in [0.29, 0.717) is 35.8 Å². The fraction of sp³-hybridized carbons (Fsp3) is 0.238. The topological polar surface area (TPSA) is 93.0 Å². The molecule has 2 heterocycles. The molecule has 1 aliphatic heterocycles. The first kappa shape index (κ1) is 20.1. The van der Waals surface area contributed by atoms with Crippen LogP contribution in [-0.4, -0.2) is 54.9 Å². The number of para-hydroxylation sites is 2. The lowest BCUT2D eigenvalue weighted by Gasteiger charge is -2.34. The number of carbonyl (C=O) groups is 1. The minimum Gasteiger partial charge on any atom is -0.457 e. The SMILES string of the molecule is O=C(c1ccccc1Oc1ccccc1)N1CCN(S(=O)(=O)Cc2ccon2)CC1.